The molecule has 0 amide bonds. The van der Waals surface area contributed by atoms with Gasteiger partial charge in [-0.25, -0.2) is 0 Å². The van der Waals surface area contributed by atoms with Gasteiger partial charge in [0.25, 0.3) is 0 Å². The first kappa shape index (κ1) is 15.3. The molecule has 102 valence electrons. The van der Waals surface area contributed by atoms with Crippen LogP contribution >= 0.6 is 24.0 Å². The van der Waals surface area contributed by atoms with Gasteiger partial charge in [0.2, 0.25) is 0 Å². The minimum Gasteiger partial charge on any atom is -0.354 e. The van der Waals surface area contributed by atoms with Crippen molar-refractivity contribution in [2.24, 2.45) is 12.0 Å². The lowest BCUT2D eigenvalue weighted by Crippen LogP contribution is -2.46. The van der Waals surface area contributed by atoms with Crippen LogP contribution in [-0.4, -0.2) is 40.8 Å². The molecule has 0 aliphatic heterocycles. The second kappa shape index (κ2) is 6.96. The van der Waals surface area contributed by atoms with E-state index in [1.165, 1.54) is 24.8 Å². The molecular weight excluding hydrogens is 341 g/mol. The molecule has 0 saturated heterocycles. The molecule has 1 fully saturated rings. The summed E-state index contributed by atoms with van der Waals surface area (Å²) in [7, 11) is 5.83. The standard InChI is InChI=1S/C12H21N5.HI/c1-13-12(15-11-5-4-6-11)16(2)8-10-7-14-17(3)9-10;/h7,9,11H,4-6,8H2,1-3H3,(H,13,15);1H. The highest BCUT2D eigenvalue weighted by Gasteiger charge is 2.19. The molecule has 1 aliphatic rings. The first-order valence-corrected chi connectivity index (χ1v) is 6.11. The monoisotopic (exact) mass is 363 g/mol. The van der Waals surface area contributed by atoms with E-state index >= 15 is 0 Å². The minimum absolute atomic E-state index is 0. The van der Waals surface area contributed by atoms with E-state index < -0.39 is 0 Å². The Hall–Kier alpha value is -0.790. The smallest absolute Gasteiger partial charge is 0.193 e. The normalized spacial score (nSPS) is 15.8. The van der Waals surface area contributed by atoms with Gasteiger partial charge in [-0.15, -0.1) is 24.0 Å². The highest BCUT2D eigenvalue weighted by Crippen LogP contribution is 2.18. The number of halogens is 1. The molecule has 0 aromatic carbocycles. The van der Waals surface area contributed by atoms with Gasteiger partial charge in [0.1, 0.15) is 0 Å². The van der Waals surface area contributed by atoms with Crippen LogP contribution in [0, 0.1) is 0 Å². The first-order chi connectivity index (χ1) is 8.19. The Morgan fingerprint density at radius 3 is 2.78 bits per heavy atom. The summed E-state index contributed by atoms with van der Waals surface area (Å²) < 4.78 is 1.82. The van der Waals surface area contributed by atoms with Crippen molar-refractivity contribution in [3.8, 4) is 0 Å². The number of aliphatic imine (C=N–C) groups is 1. The average molecular weight is 363 g/mol. The van der Waals surface area contributed by atoms with Gasteiger partial charge in [-0.2, -0.15) is 5.10 Å². The third kappa shape index (κ3) is 3.86. The summed E-state index contributed by atoms with van der Waals surface area (Å²) in [5.41, 5.74) is 1.20. The molecule has 5 nitrogen and oxygen atoms in total. The Morgan fingerprint density at radius 1 is 1.61 bits per heavy atom. The molecule has 0 spiro atoms. The van der Waals surface area contributed by atoms with Gasteiger partial charge in [0.05, 0.1) is 6.20 Å². The number of hydrogen-bond acceptors (Lipinski definition) is 2. The van der Waals surface area contributed by atoms with Crippen molar-refractivity contribution < 1.29 is 0 Å². The van der Waals surface area contributed by atoms with Crippen molar-refractivity contribution >= 4 is 29.9 Å². The summed E-state index contributed by atoms with van der Waals surface area (Å²) in [5.74, 6) is 0.971. The van der Waals surface area contributed by atoms with Crippen LogP contribution in [0.1, 0.15) is 24.8 Å². The summed E-state index contributed by atoms with van der Waals surface area (Å²) in [6.45, 7) is 0.834. The third-order valence-corrected chi connectivity index (χ3v) is 3.19. The third-order valence-electron chi connectivity index (χ3n) is 3.19. The van der Waals surface area contributed by atoms with Crippen molar-refractivity contribution in [1.29, 1.82) is 0 Å². The van der Waals surface area contributed by atoms with Crippen LogP contribution in [0.2, 0.25) is 0 Å². The minimum atomic E-state index is 0. The van der Waals surface area contributed by atoms with Crippen molar-refractivity contribution in [3.63, 3.8) is 0 Å². The van der Waals surface area contributed by atoms with Gasteiger partial charge in [-0.05, 0) is 19.3 Å². The number of nitrogens with one attached hydrogen (secondary N) is 1. The molecule has 2 rings (SSSR count). The van der Waals surface area contributed by atoms with Crippen LogP contribution in [0.15, 0.2) is 17.4 Å². The topological polar surface area (TPSA) is 45.5 Å². The zero-order valence-electron chi connectivity index (χ0n) is 11.3. The highest BCUT2D eigenvalue weighted by atomic mass is 127. The van der Waals surface area contributed by atoms with Crippen molar-refractivity contribution in [2.75, 3.05) is 14.1 Å². The summed E-state index contributed by atoms with van der Waals surface area (Å²) in [5, 5.41) is 7.65. The zero-order valence-corrected chi connectivity index (χ0v) is 13.6. The van der Waals surface area contributed by atoms with Gasteiger partial charge in [-0.3, -0.25) is 9.67 Å². The maximum absolute atomic E-state index is 4.32. The Kier molecular flexibility index (Phi) is 5.90. The molecule has 1 aliphatic carbocycles. The molecule has 0 radical (unpaired) electrons. The molecule has 6 heteroatoms. The summed E-state index contributed by atoms with van der Waals surface area (Å²) >= 11 is 0. The number of rotatable bonds is 3. The fraction of sp³-hybridized carbons (Fsp3) is 0.667. The largest absolute Gasteiger partial charge is 0.354 e. The number of guanidine groups is 1. The number of aryl methyl sites for hydroxylation is 1. The Bertz CT molecular complexity index is 397. The van der Waals surface area contributed by atoms with Gasteiger partial charge in [0, 0.05) is 45.5 Å². The highest BCUT2D eigenvalue weighted by molar-refractivity contribution is 14.0. The molecule has 0 bridgehead atoms. The van der Waals surface area contributed by atoms with E-state index in [9.17, 15) is 0 Å². The molecular formula is C12H22IN5. The number of aromatic nitrogens is 2. The van der Waals surface area contributed by atoms with Crippen LogP contribution < -0.4 is 5.32 Å². The lowest BCUT2D eigenvalue weighted by Gasteiger charge is -2.31. The first-order valence-electron chi connectivity index (χ1n) is 6.11. The summed E-state index contributed by atoms with van der Waals surface area (Å²) in [6, 6.07) is 0.616. The Labute approximate surface area is 126 Å². The maximum atomic E-state index is 4.32. The maximum Gasteiger partial charge on any atom is 0.193 e. The van der Waals surface area contributed by atoms with E-state index in [4.69, 9.17) is 0 Å². The van der Waals surface area contributed by atoms with Crippen LogP contribution in [0.25, 0.3) is 0 Å². The second-order valence-electron chi connectivity index (χ2n) is 4.70. The molecule has 1 aromatic heterocycles. The van der Waals surface area contributed by atoms with Gasteiger partial charge in [-0.1, -0.05) is 0 Å². The van der Waals surface area contributed by atoms with Gasteiger partial charge >= 0.3 is 0 Å². The predicted octanol–water partition coefficient (Wildman–Crippen LogP) is 1.60. The van der Waals surface area contributed by atoms with E-state index in [-0.39, 0.29) is 24.0 Å². The van der Waals surface area contributed by atoms with Crippen molar-refractivity contribution in [2.45, 2.75) is 31.8 Å². The summed E-state index contributed by atoms with van der Waals surface area (Å²) in [6.07, 6.45) is 7.79. The van der Waals surface area contributed by atoms with Crippen molar-refractivity contribution in [3.05, 3.63) is 18.0 Å². The van der Waals surface area contributed by atoms with E-state index in [2.05, 4.69) is 27.4 Å². The van der Waals surface area contributed by atoms with E-state index in [1.54, 1.807) is 0 Å². The van der Waals surface area contributed by atoms with E-state index in [0.29, 0.717) is 6.04 Å². The predicted molar refractivity (Wildman–Crippen MR) is 84.2 cm³/mol. The quantitative estimate of drug-likeness (QED) is 0.504. The lowest BCUT2D eigenvalue weighted by molar-refractivity contribution is 0.359. The van der Waals surface area contributed by atoms with E-state index in [1.807, 2.05) is 31.2 Å². The molecule has 1 heterocycles. The van der Waals surface area contributed by atoms with Crippen LogP contribution in [0.4, 0.5) is 0 Å². The molecule has 1 N–H and O–H groups in total. The molecule has 1 saturated carbocycles. The average Bonchev–Trinajstić information content (AvgIpc) is 2.62. The SMILES string of the molecule is CN=C(NC1CCC1)N(C)Cc1cnn(C)c1.I. The van der Waals surface area contributed by atoms with Crippen LogP contribution in [-0.2, 0) is 13.6 Å². The van der Waals surface area contributed by atoms with Crippen LogP contribution in [0.5, 0.6) is 0 Å². The van der Waals surface area contributed by atoms with Gasteiger partial charge in [0.15, 0.2) is 5.96 Å². The van der Waals surface area contributed by atoms with Crippen molar-refractivity contribution in [1.82, 2.24) is 20.0 Å². The zero-order chi connectivity index (χ0) is 12.3. The molecule has 18 heavy (non-hydrogen) atoms. The Morgan fingerprint density at radius 2 is 2.33 bits per heavy atom. The summed E-state index contributed by atoms with van der Waals surface area (Å²) in [4.78, 5) is 6.45. The van der Waals surface area contributed by atoms with Gasteiger partial charge < -0.3 is 10.2 Å². The Balaban J connectivity index is 0.00000162. The van der Waals surface area contributed by atoms with E-state index in [0.717, 1.165) is 12.5 Å². The van der Waals surface area contributed by atoms with Crippen LogP contribution in [0.3, 0.4) is 0 Å². The fourth-order valence-electron chi connectivity index (χ4n) is 1.98. The number of hydrogen-bond donors (Lipinski definition) is 1. The second-order valence-corrected chi connectivity index (χ2v) is 4.70. The fourth-order valence-corrected chi connectivity index (χ4v) is 1.98. The number of nitrogens with zero attached hydrogens (tertiary/aromatic N) is 4. The molecule has 0 atom stereocenters. The molecule has 0 unspecified atom stereocenters. The lowest BCUT2D eigenvalue weighted by atomic mass is 9.93. The molecule has 1 aromatic rings.